The first-order chi connectivity index (χ1) is 11.4. The number of hydrogen-bond acceptors (Lipinski definition) is 6. The van der Waals surface area contributed by atoms with Crippen LogP contribution in [0.2, 0.25) is 0 Å². The molecule has 0 aliphatic carbocycles. The minimum absolute atomic E-state index is 0. The molecule has 0 aliphatic heterocycles. The molecule has 0 spiro atoms. The number of hydrogen-bond donors (Lipinski definition) is 2. The molecule has 0 unspecified atom stereocenters. The molecule has 0 aliphatic rings. The van der Waals surface area contributed by atoms with Crippen molar-refractivity contribution in [2.24, 2.45) is 0 Å². The fraction of sp³-hybridized carbons (Fsp3) is 0.533. The summed E-state index contributed by atoms with van der Waals surface area (Å²) in [5.41, 5.74) is -0.524. The second-order valence-corrected chi connectivity index (χ2v) is 5.25. The van der Waals surface area contributed by atoms with Crippen molar-refractivity contribution in [2.45, 2.75) is 20.8 Å². The highest BCUT2D eigenvalue weighted by Gasteiger charge is 2.31. The second-order valence-electron chi connectivity index (χ2n) is 4.39. The first kappa shape index (κ1) is 25.7. The number of carbonyl (C=O) groups excluding carboxylic acids is 1. The van der Waals surface area contributed by atoms with Gasteiger partial charge in [0.2, 0.25) is 0 Å². The molecule has 0 radical (unpaired) electrons. The molecule has 8 nitrogen and oxygen atoms in total. The lowest BCUT2D eigenvalue weighted by Gasteiger charge is -2.13. The Morgan fingerprint density at radius 1 is 1.20 bits per heavy atom. The van der Waals surface area contributed by atoms with E-state index in [9.17, 15) is 14.9 Å². The Morgan fingerprint density at radius 3 is 2.08 bits per heavy atom. The number of benzene rings is 1. The highest BCUT2D eigenvalue weighted by molar-refractivity contribution is 9.10. The van der Waals surface area contributed by atoms with Gasteiger partial charge in [0.1, 0.15) is 4.47 Å². The summed E-state index contributed by atoms with van der Waals surface area (Å²) in [6.45, 7) is 8.44. The van der Waals surface area contributed by atoms with E-state index < -0.39 is 10.8 Å². The molecule has 0 aromatic heterocycles. The van der Waals surface area contributed by atoms with E-state index in [0.717, 1.165) is 13.1 Å². The fourth-order valence-corrected chi connectivity index (χ4v) is 2.39. The molecule has 144 valence electrons. The van der Waals surface area contributed by atoms with Crippen LogP contribution in [-0.2, 0) is 0 Å². The molecule has 25 heavy (non-hydrogen) atoms. The molecule has 1 aromatic carbocycles. The maximum Gasteiger partial charge on any atom is 0.300 e. The van der Waals surface area contributed by atoms with E-state index in [-0.39, 0.29) is 39.6 Å². The summed E-state index contributed by atoms with van der Waals surface area (Å²) in [6, 6.07) is 1.39. The monoisotopic (exact) mass is 441 g/mol. The molecule has 0 saturated heterocycles. The van der Waals surface area contributed by atoms with Crippen molar-refractivity contribution in [3.8, 4) is 11.5 Å². The van der Waals surface area contributed by atoms with Crippen LogP contribution in [0.5, 0.6) is 11.5 Å². The van der Waals surface area contributed by atoms with Gasteiger partial charge in [0, 0.05) is 12.6 Å². The second kappa shape index (κ2) is 13.7. The number of nitro benzene ring substituents is 1. The maximum atomic E-state index is 12.0. The lowest BCUT2D eigenvalue weighted by Crippen LogP contribution is -2.24. The summed E-state index contributed by atoms with van der Waals surface area (Å²) in [7, 11) is 2.70. The third kappa shape index (κ3) is 7.45. The molecule has 0 fully saturated rings. The number of halogens is 2. The number of ether oxygens (including phenoxy) is 2. The van der Waals surface area contributed by atoms with Gasteiger partial charge in [0.05, 0.1) is 19.1 Å². The van der Waals surface area contributed by atoms with Crippen molar-refractivity contribution >= 4 is 39.9 Å². The number of nitrogens with one attached hydrogen (secondary N) is 2. The van der Waals surface area contributed by atoms with Crippen LogP contribution in [0.3, 0.4) is 0 Å². The van der Waals surface area contributed by atoms with E-state index in [1.807, 2.05) is 0 Å². The summed E-state index contributed by atoms with van der Waals surface area (Å²) in [5.74, 6) is -0.324. The quantitative estimate of drug-likeness (QED) is 0.497. The van der Waals surface area contributed by atoms with Crippen LogP contribution >= 0.6 is 28.3 Å². The number of nitrogens with zero attached hydrogens (tertiary/aromatic N) is 1. The van der Waals surface area contributed by atoms with Gasteiger partial charge < -0.3 is 20.1 Å². The largest absolute Gasteiger partial charge is 0.493 e. The third-order valence-corrected chi connectivity index (χ3v) is 3.45. The number of carbonyl (C=O) groups is 1. The first-order valence-electron chi connectivity index (χ1n) is 7.47. The predicted octanol–water partition coefficient (Wildman–Crippen LogP) is 3.16. The number of nitro groups is 1. The summed E-state index contributed by atoms with van der Waals surface area (Å²) in [6.07, 6.45) is 0. The maximum absolute atomic E-state index is 12.0. The van der Waals surface area contributed by atoms with Crippen molar-refractivity contribution in [3.05, 3.63) is 26.2 Å². The normalized spacial score (nSPS) is 9.20. The SMILES string of the molecule is CCNC(=O)c1c(OC)c(OC)cc(Br)c1[N+](=O)[O-].CCNCC.Cl. The number of rotatable bonds is 7. The number of methoxy groups -OCH3 is 2. The molecular weight excluding hydrogens is 418 g/mol. The Labute approximate surface area is 162 Å². The molecular formula is C15H25BrClN3O5. The average Bonchev–Trinajstić information content (AvgIpc) is 2.54. The zero-order valence-electron chi connectivity index (χ0n) is 15.0. The van der Waals surface area contributed by atoms with E-state index in [2.05, 4.69) is 40.4 Å². The van der Waals surface area contributed by atoms with Crippen LogP contribution in [-0.4, -0.2) is 44.7 Å². The summed E-state index contributed by atoms with van der Waals surface area (Å²) < 4.78 is 10.3. The molecule has 0 heterocycles. The fourth-order valence-electron chi connectivity index (χ4n) is 1.84. The van der Waals surface area contributed by atoms with Gasteiger partial charge in [-0.1, -0.05) is 13.8 Å². The Hall–Kier alpha value is -1.58. The topological polar surface area (TPSA) is 103 Å². The minimum Gasteiger partial charge on any atom is -0.493 e. The van der Waals surface area contributed by atoms with E-state index in [0.29, 0.717) is 6.54 Å². The van der Waals surface area contributed by atoms with Crippen LogP contribution in [0.4, 0.5) is 5.69 Å². The van der Waals surface area contributed by atoms with E-state index in [4.69, 9.17) is 9.47 Å². The molecule has 1 rings (SSSR count). The van der Waals surface area contributed by atoms with Gasteiger partial charge in [-0.3, -0.25) is 14.9 Å². The van der Waals surface area contributed by atoms with Crippen molar-refractivity contribution < 1.29 is 19.2 Å². The summed E-state index contributed by atoms with van der Waals surface area (Å²) in [5, 5.41) is 16.7. The van der Waals surface area contributed by atoms with Gasteiger partial charge in [-0.2, -0.15) is 0 Å². The van der Waals surface area contributed by atoms with Crippen LogP contribution in [0.15, 0.2) is 10.5 Å². The molecule has 10 heteroatoms. The lowest BCUT2D eigenvalue weighted by molar-refractivity contribution is -0.386. The van der Waals surface area contributed by atoms with Crippen molar-refractivity contribution in [1.82, 2.24) is 10.6 Å². The average molecular weight is 443 g/mol. The van der Waals surface area contributed by atoms with Gasteiger partial charge >= 0.3 is 0 Å². The Kier molecular flexibility index (Phi) is 14.0. The minimum atomic E-state index is -0.642. The highest BCUT2D eigenvalue weighted by atomic mass is 79.9. The third-order valence-electron chi connectivity index (χ3n) is 2.84. The highest BCUT2D eigenvalue weighted by Crippen LogP contribution is 2.42. The summed E-state index contributed by atoms with van der Waals surface area (Å²) in [4.78, 5) is 22.5. The molecule has 0 saturated carbocycles. The van der Waals surface area contributed by atoms with E-state index in [1.165, 1.54) is 20.3 Å². The molecule has 0 bridgehead atoms. The van der Waals surface area contributed by atoms with Crippen LogP contribution in [0.25, 0.3) is 0 Å². The number of amides is 1. The van der Waals surface area contributed by atoms with Gasteiger partial charge in [0.15, 0.2) is 17.1 Å². The molecule has 1 aromatic rings. The first-order valence-corrected chi connectivity index (χ1v) is 8.26. The Balaban J connectivity index is 0. The smallest absolute Gasteiger partial charge is 0.300 e. The molecule has 1 amide bonds. The Morgan fingerprint density at radius 2 is 1.76 bits per heavy atom. The lowest BCUT2D eigenvalue weighted by atomic mass is 10.1. The van der Waals surface area contributed by atoms with Crippen LogP contribution in [0.1, 0.15) is 31.1 Å². The molecule has 0 atom stereocenters. The van der Waals surface area contributed by atoms with Crippen molar-refractivity contribution in [3.63, 3.8) is 0 Å². The summed E-state index contributed by atoms with van der Waals surface area (Å²) >= 11 is 3.06. The van der Waals surface area contributed by atoms with E-state index in [1.54, 1.807) is 6.92 Å². The predicted molar refractivity (Wildman–Crippen MR) is 103 cm³/mol. The Bertz CT molecular complexity index is 571. The molecule has 2 N–H and O–H groups in total. The van der Waals surface area contributed by atoms with Crippen molar-refractivity contribution in [2.75, 3.05) is 33.9 Å². The van der Waals surface area contributed by atoms with Gasteiger partial charge in [-0.05, 0) is 35.9 Å². The van der Waals surface area contributed by atoms with E-state index >= 15 is 0 Å². The van der Waals surface area contributed by atoms with Gasteiger partial charge in [-0.25, -0.2) is 0 Å². The van der Waals surface area contributed by atoms with Crippen LogP contribution < -0.4 is 20.1 Å². The van der Waals surface area contributed by atoms with Crippen molar-refractivity contribution in [1.29, 1.82) is 0 Å². The van der Waals surface area contributed by atoms with Crippen LogP contribution in [0, 0.1) is 10.1 Å². The van der Waals surface area contributed by atoms with Gasteiger partial charge in [-0.15, -0.1) is 12.4 Å². The van der Waals surface area contributed by atoms with Gasteiger partial charge in [0.25, 0.3) is 11.6 Å². The zero-order valence-corrected chi connectivity index (χ0v) is 17.4. The zero-order chi connectivity index (χ0) is 18.7. The standard InChI is InChI=1S/C11H13BrN2O5.C4H11N.ClH/c1-4-13-11(15)8-9(14(16)17)6(12)5-7(18-2)10(8)19-3;1-3-5-4-2;/h5H,4H2,1-3H3,(H,13,15);5H,3-4H2,1-2H3;1H.